The number of amides is 1. The van der Waals surface area contributed by atoms with Gasteiger partial charge >= 0.3 is 0 Å². The monoisotopic (exact) mass is 467 g/mol. The Bertz CT molecular complexity index is 1000. The maximum Gasteiger partial charge on any atom is 0.267 e. The van der Waals surface area contributed by atoms with Crippen LogP contribution in [0.5, 0.6) is 5.75 Å². The molecule has 0 unspecified atom stereocenters. The zero-order valence-corrected chi connectivity index (χ0v) is 19.4. The van der Waals surface area contributed by atoms with Crippen LogP contribution < -0.4 is 20.1 Å². The van der Waals surface area contributed by atoms with Gasteiger partial charge in [0.1, 0.15) is 10.6 Å². The van der Waals surface area contributed by atoms with Gasteiger partial charge in [-0.2, -0.15) is 0 Å². The van der Waals surface area contributed by atoms with Crippen LogP contribution in [0.4, 0.5) is 0 Å². The van der Waals surface area contributed by atoms with Gasteiger partial charge in [0.2, 0.25) is 5.91 Å². The highest BCUT2D eigenvalue weighted by Crippen LogP contribution is 2.25. The molecule has 0 aliphatic rings. The van der Waals surface area contributed by atoms with E-state index in [1.54, 1.807) is 29.5 Å². The van der Waals surface area contributed by atoms with Crippen LogP contribution >= 0.6 is 23.6 Å². The summed E-state index contributed by atoms with van der Waals surface area (Å²) in [5.74, 6) is -0.00181. The van der Waals surface area contributed by atoms with Crippen molar-refractivity contribution in [3.63, 3.8) is 0 Å². The van der Waals surface area contributed by atoms with Gasteiger partial charge in [0.25, 0.3) is 10.0 Å². The number of ether oxygens (including phenoxy) is 1. The molecule has 0 aliphatic heterocycles. The third-order valence-electron chi connectivity index (χ3n) is 3.82. The lowest BCUT2D eigenvalue weighted by molar-refractivity contribution is -0.116. The number of hydrogen-bond acceptors (Lipinski definition) is 6. The number of carbonyl (C=O) groups excluding carboxylic acids is 1. The quantitative estimate of drug-likeness (QED) is 0.388. The Morgan fingerprint density at radius 2 is 2.07 bits per heavy atom. The molecule has 1 amide bonds. The molecule has 10 heteroatoms. The second-order valence-corrected chi connectivity index (χ2v) is 9.65. The van der Waals surface area contributed by atoms with Crippen LogP contribution in [0.25, 0.3) is 6.08 Å². The summed E-state index contributed by atoms with van der Waals surface area (Å²) in [6, 6.07) is 8.69. The van der Waals surface area contributed by atoms with Crippen molar-refractivity contribution in [2.24, 2.45) is 0 Å². The van der Waals surface area contributed by atoms with Gasteiger partial charge in [0, 0.05) is 23.5 Å². The average molecular weight is 468 g/mol. The Hall–Kier alpha value is -2.43. The van der Waals surface area contributed by atoms with E-state index in [0.717, 1.165) is 10.4 Å². The zero-order valence-electron chi connectivity index (χ0n) is 17.0. The van der Waals surface area contributed by atoms with Crippen LogP contribution in [-0.2, 0) is 21.2 Å². The van der Waals surface area contributed by atoms with Crippen LogP contribution in [0.1, 0.15) is 24.3 Å². The van der Waals surface area contributed by atoms with Gasteiger partial charge in [-0.05, 0) is 67.7 Å². The molecule has 30 heavy (non-hydrogen) atoms. The van der Waals surface area contributed by atoms with Crippen LogP contribution in [-0.4, -0.2) is 39.1 Å². The largest absolute Gasteiger partial charge is 0.495 e. The van der Waals surface area contributed by atoms with E-state index in [-0.39, 0.29) is 27.7 Å². The van der Waals surface area contributed by atoms with E-state index in [0.29, 0.717) is 13.0 Å². The molecule has 162 valence electrons. The molecule has 0 atom stereocenters. The van der Waals surface area contributed by atoms with Crippen molar-refractivity contribution in [1.82, 2.24) is 15.4 Å². The lowest BCUT2D eigenvalue weighted by Gasteiger charge is -2.16. The number of carbonyl (C=O) groups is 1. The fourth-order valence-electron chi connectivity index (χ4n) is 2.49. The summed E-state index contributed by atoms with van der Waals surface area (Å²) >= 11 is 6.59. The van der Waals surface area contributed by atoms with Crippen molar-refractivity contribution in [2.45, 2.75) is 31.2 Å². The number of thiocarbonyl (C=S) groups is 1. The van der Waals surface area contributed by atoms with E-state index in [2.05, 4.69) is 15.4 Å². The van der Waals surface area contributed by atoms with E-state index >= 15 is 0 Å². The molecule has 1 aromatic carbocycles. The minimum atomic E-state index is -3.92. The minimum Gasteiger partial charge on any atom is -0.495 e. The lowest BCUT2D eigenvalue weighted by Crippen LogP contribution is -2.42. The SMILES string of the molecule is COc1ccc(CCNC(=O)C=Cc2cccs2)cc1S(=O)(=O)NC(=S)NC(C)C. The summed E-state index contributed by atoms with van der Waals surface area (Å²) in [5, 5.41) is 7.58. The molecule has 0 spiro atoms. The number of rotatable bonds is 9. The lowest BCUT2D eigenvalue weighted by atomic mass is 10.1. The summed E-state index contributed by atoms with van der Waals surface area (Å²) in [6.07, 6.45) is 3.68. The molecule has 1 aromatic heterocycles. The second-order valence-electron chi connectivity index (χ2n) is 6.61. The molecular formula is C20H25N3O4S3. The summed E-state index contributed by atoms with van der Waals surface area (Å²) < 4.78 is 33.0. The van der Waals surface area contributed by atoms with Crippen molar-refractivity contribution in [3.05, 3.63) is 52.2 Å². The average Bonchev–Trinajstić information content (AvgIpc) is 3.19. The van der Waals surface area contributed by atoms with Gasteiger partial charge in [0.05, 0.1) is 7.11 Å². The van der Waals surface area contributed by atoms with E-state index in [1.807, 2.05) is 31.4 Å². The molecule has 0 aliphatic carbocycles. The first-order valence-corrected chi connectivity index (χ1v) is 12.0. The topological polar surface area (TPSA) is 96.5 Å². The van der Waals surface area contributed by atoms with Crippen molar-refractivity contribution >= 4 is 50.7 Å². The molecule has 0 bridgehead atoms. The summed E-state index contributed by atoms with van der Waals surface area (Å²) in [6.45, 7) is 4.07. The second kappa shape index (κ2) is 11.1. The zero-order chi connectivity index (χ0) is 22.1. The van der Waals surface area contributed by atoms with Gasteiger partial charge in [-0.25, -0.2) is 8.42 Å². The first kappa shape index (κ1) is 23.8. The Morgan fingerprint density at radius 3 is 2.70 bits per heavy atom. The molecule has 7 nitrogen and oxygen atoms in total. The molecule has 0 fully saturated rings. The van der Waals surface area contributed by atoms with Crippen molar-refractivity contribution < 1.29 is 17.9 Å². The van der Waals surface area contributed by atoms with Crippen molar-refractivity contribution in [2.75, 3.05) is 13.7 Å². The van der Waals surface area contributed by atoms with Gasteiger partial charge in [-0.3, -0.25) is 9.52 Å². The number of sulfonamides is 1. The summed E-state index contributed by atoms with van der Waals surface area (Å²) in [7, 11) is -2.52. The molecule has 2 aromatic rings. The van der Waals surface area contributed by atoms with Crippen LogP contribution in [0, 0.1) is 0 Å². The predicted molar refractivity (Wildman–Crippen MR) is 124 cm³/mol. The number of benzene rings is 1. The predicted octanol–water partition coefficient (Wildman–Crippen LogP) is 2.69. The first-order valence-electron chi connectivity index (χ1n) is 9.21. The van der Waals surface area contributed by atoms with Gasteiger partial charge < -0.3 is 15.4 Å². The summed E-state index contributed by atoms with van der Waals surface area (Å²) in [4.78, 5) is 12.9. The highest BCUT2D eigenvalue weighted by atomic mass is 32.2. The van der Waals surface area contributed by atoms with Crippen LogP contribution in [0.3, 0.4) is 0 Å². The molecular weight excluding hydrogens is 442 g/mol. The smallest absolute Gasteiger partial charge is 0.267 e. The Morgan fingerprint density at radius 1 is 1.30 bits per heavy atom. The van der Waals surface area contributed by atoms with Crippen molar-refractivity contribution in [1.29, 1.82) is 0 Å². The summed E-state index contributed by atoms with van der Waals surface area (Å²) in [5.41, 5.74) is 0.737. The Balaban J connectivity index is 2.02. The third-order valence-corrected chi connectivity index (χ3v) is 6.38. The third kappa shape index (κ3) is 7.43. The number of nitrogens with one attached hydrogen (secondary N) is 3. The molecule has 1 heterocycles. The normalized spacial score (nSPS) is 11.5. The van der Waals surface area contributed by atoms with Gasteiger partial charge in [0.15, 0.2) is 5.11 Å². The Kier molecular flexibility index (Phi) is 8.82. The first-order chi connectivity index (χ1) is 14.2. The van der Waals surface area contributed by atoms with Gasteiger partial charge in [-0.1, -0.05) is 12.1 Å². The fourth-order valence-corrected chi connectivity index (χ4v) is 4.81. The molecule has 3 N–H and O–H groups in total. The minimum absolute atomic E-state index is 0.00842. The highest BCUT2D eigenvalue weighted by molar-refractivity contribution is 7.92. The number of thiophene rings is 1. The standard InChI is InChI=1S/C20H25N3O4S3/c1-14(2)22-20(28)23-30(25,26)18-13-15(6-8-17(18)27-3)10-11-21-19(24)9-7-16-5-4-12-29-16/h4-9,12-14H,10-11H2,1-3H3,(H,21,24)(H2,22,23,28). The van der Waals surface area contributed by atoms with E-state index in [1.165, 1.54) is 19.3 Å². The Labute approximate surface area is 186 Å². The van der Waals surface area contributed by atoms with E-state index in [4.69, 9.17) is 17.0 Å². The maximum atomic E-state index is 12.7. The fraction of sp³-hybridized carbons (Fsp3) is 0.300. The van der Waals surface area contributed by atoms with Gasteiger partial charge in [-0.15, -0.1) is 11.3 Å². The molecule has 0 saturated heterocycles. The maximum absolute atomic E-state index is 12.7. The van der Waals surface area contributed by atoms with E-state index in [9.17, 15) is 13.2 Å². The highest BCUT2D eigenvalue weighted by Gasteiger charge is 2.21. The number of methoxy groups -OCH3 is 1. The molecule has 2 rings (SSSR count). The van der Waals surface area contributed by atoms with Crippen molar-refractivity contribution in [3.8, 4) is 5.75 Å². The molecule has 0 saturated carbocycles. The van der Waals surface area contributed by atoms with Crippen LogP contribution in [0.2, 0.25) is 0 Å². The van der Waals surface area contributed by atoms with Crippen LogP contribution in [0.15, 0.2) is 46.7 Å². The van der Waals surface area contributed by atoms with E-state index < -0.39 is 10.0 Å². The number of hydrogen-bond donors (Lipinski definition) is 3. The molecule has 0 radical (unpaired) electrons.